The molecule has 110 valence electrons. The monoisotopic (exact) mass is 271 g/mol. The number of ether oxygens (including phenoxy) is 1. The van der Waals surface area contributed by atoms with Gasteiger partial charge in [-0.3, -0.25) is 9.59 Å². The van der Waals surface area contributed by atoms with E-state index in [0.29, 0.717) is 19.4 Å². The number of hydrogen-bond acceptors (Lipinski definition) is 4. The lowest BCUT2D eigenvalue weighted by Crippen LogP contribution is -2.43. The van der Waals surface area contributed by atoms with E-state index in [-0.39, 0.29) is 24.0 Å². The molecule has 1 saturated heterocycles. The molecule has 1 aliphatic rings. The van der Waals surface area contributed by atoms with E-state index in [1.54, 1.807) is 14.1 Å². The van der Waals surface area contributed by atoms with Gasteiger partial charge in [0.25, 0.3) is 5.91 Å². The summed E-state index contributed by atoms with van der Waals surface area (Å²) in [5.41, 5.74) is 5.71. The maximum Gasteiger partial charge on any atom is 0.251 e. The highest BCUT2D eigenvalue weighted by Gasteiger charge is 2.31. The van der Waals surface area contributed by atoms with E-state index in [1.807, 2.05) is 6.92 Å². The minimum absolute atomic E-state index is 0.0171. The number of amides is 2. The van der Waals surface area contributed by atoms with Gasteiger partial charge in [0.1, 0.15) is 6.10 Å². The third-order valence-electron chi connectivity index (χ3n) is 3.26. The molecule has 0 aromatic rings. The average Bonchev–Trinajstić information content (AvgIpc) is 2.83. The standard InChI is InChI=1S/C13H25N3O3/c1-4-5-10(14)12(17)15-8-9-6-7-11(19-9)13(18)16(2)3/h9-11H,4-8,14H2,1-3H3,(H,15,17). The third-order valence-corrected chi connectivity index (χ3v) is 3.26. The number of carbonyl (C=O) groups is 2. The Hall–Kier alpha value is -1.14. The Morgan fingerprint density at radius 1 is 1.42 bits per heavy atom. The van der Waals surface area contributed by atoms with Gasteiger partial charge in [-0.05, 0) is 19.3 Å². The molecule has 2 amide bonds. The number of hydrogen-bond donors (Lipinski definition) is 2. The molecule has 3 N–H and O–H groups in total. The summed E-state index contributed by atoms with van der Waals surface area (Å²) in [4.78, 5) is 24.9. The fraction of sp³-hybridized carbons (Fsp3) is 0.846. The van der Waals surface area contributed by atoms with Crippen molar-refractivity contribution in [3.63, 3.8) is 0 Å². The molecule has 1 fully saturated rings. The lowest BCUT2D eigenvalue weighted by atomic mass is 10.1. The smallest absolute Gasteiger partial charge is 0.251 e. The average molecular weight is 271 g/mol. The molecule has 0 spiro atoms. The number of rotatable bonds is 6. The summed E-state index contributed by atoms with van der Waals surface area (Å²) in [5.74, 6) is -0.163. The van der Waals surface area contributed by atoms with Gasteiger partial charge in [0, 0.05) is 20.6 Å². The summed E-state index contributed by atoms with van der Waals surface area (Å²) in [6.07, 6.45) is 2.59. The zero-order chi connectivity index (χ0) is 14.4. The molecule has 0 saturated carbocycles. The minimum atomic E-state index is -0.453. The van der Waals surface area contributed by atoms with E-state index < -0.39 is 6.04 Å². The quantitative estimate of drug-likeness (QED) is 0.704. The van der Waals surface area contributed by atoms with Crippen LogP contribution in [0.25, 0.3) is 0 Å². The van der Waals surface area contributed by atoms with Crippen molar-refractivity contribution in [2.75, 3.05) is 20.6 Å². The summed E-state index contributed by atoms with van der Waals surface area (Å²) in [7, 11) is 3.43. The molecule has 0 bridgehead atoms. The zero-order valence-corrected chi connectivity index (χ0v) is 12.0. The van der Waals surface area contributed by atoms with Crippen LogP contribution in [0.1, 0.15) is 32.6 Å². The largest absolute Gasteiger partial charge is 0.363 e. The van der Waals surface area contributed by atoms with E-state index in [4.69, 9.17) is 10.5 Å². The summed E-state index contributed by atoms with van der Waals surface area (Å²) in [5, 5.41) is 2.78. The molecule has 0 aliphatic carbocycles. The van der Waals surface area contributed by atoms with Gasteiger partial charge in [0.2, 0.25) is 5.91 Å². The molecule has 6 heteroatoms. The normalized spacial score (nSPS) is 24.0. The maximum absolute atomic E-state index is 11.7. The lowest BCUT2D eigenvalue weighted by molar-refractivity contribution is -0.140. The molecule has 1 heterocycles. The second-order valence-electron chi connectivity index (χ2n) is 5.20. The first kappa shape index (κ1) is 15.9. The number of likely N-dealkylation sites (N-methyl/N-ethyl adjacent to an activating group) is 1. The Balaban J connectivity index is 2.29. The second-order valence-corrected chi connectivity index (χ2v) is 5.20. The van der Waals surface area contributed by atoms with Crippen molar-refractivity contribution in [3.8, 4) is 0 Å². The van der Waals surface area contributed by atoms with Crippen molar-refractivity contribution in [1.82, 2.24) is 10.2 Å². The van der Waals surface area contributed by atoms with Gasteiger partial charge in [-0.2, -0.15) is 0 Å². The van der Waals surface area contributed by atoms with Crippen molar-refractivity contribution in [2.24, 2.45) is 5.73 Å². The van der Waals surface area contributed by atoms with Crippen LogP contribution in [0, 0.1) is 0 Å². The van der Waals surface area contributed by atoms with E-state index >= 15 is 0 Å². The van der Waals surface area contributed by atoms with Crippen molar-refractivity contribution in [1.29, 1.82) is 0 Å². The first-order valence-electron chi connectivity index (χ1n) is 6.85. The highest BCUT2D eigenvalue weighted by Crippen LogP contribution is 2.20. The van der Waals surface area contributed by atoms with E-state index in [2.05, 4.69) is 5.32 Å². The van der Waals surface area contributed by atoms with Gasteiger partial charge >= 0.3 is 0 Å². The fourth-order valence-electron chi connectivity index (χ4n) is 2.11. The Labute approximate surface area is 114 Å². The molecule has 0 aromatic heterocycles. The van der Waals surface area contributed by atoms with Crippen molar-refractivity contribution < 1.29 is 14.3 Å². The van der Waals surface area contributed by atoms with Gasteiger partial charge in [-0.15, -0.1) is 0 Å². The Morgan fingerprint density at radius 2 is 2.11 bits per heavy atom. The van der Waals surface area contributed by atoms with Crippen LogP contribution in [0.3, 0.4) is 0 Å². The first-order chi connectivity index (χ1) is 8.95. The van der Waals surface area contributed by atoms with Crippen LogP contribution in [0.5, 0.6) is 0 Å². The molecule has 3 atom stereocenters. The number of nitrogens with one attached hydrogen (secondary N) is 1. The fourth-order valence-corrected chi connectivity index (χ4v) is 2.11. The summed E-state index contributed by atoms with van der Waals surface area (Å²) >= 11 is 0. The van der Waals surface area contributed by atoms with Crippen LogP contribution < -0.4 is 11.1 Å². The van der Waals surface area contributed by atoms with Gasteiger partial charge in [0.15, 0.2) is 0 Å². The van der Waals surface area contributed by atoms with E-state index in [9.17, 15) is 9.59 Å². The highest BCUT2D eigenvalue weighted by atomic mass is 16.5. The molecule has 19 heavy (non-hydrogen) atoms. The number of nitrogens with zero attached hydrogens (tertiary/aromatic N) is 1. The van der Waals surface area contributed by atoms with E-state index in [0.717, 1.165) is 12.8 Å². The predicted molar refractivity (Wildman–Crippen MR) is 72.5 cm³/mol. The molecule has 1 rings (SSSR count). The van der Waals surface area contributed by atoms with Crippen LogP contribution in [-0.4, -0.2) is 55.6 Å². The molecular formula is C13H25N3O3. The molecule has 0 radical (unpaired) electrons. The lowest BCUT2D eigenvalue weighted by Gasteiger charge is -2.18. The highest BCUT2D eigenvalue weighted by molar-refractivity contribution is 5.81. The van der Waals surface area contributed by atoms with Crippen molar-refractivity contribution in [3.05, 3.63) is 0 Å². The van der Waals surface area contributed by atoms with Crippen LogP contribution in [0.4, 0.5) is 0 Å². The molecule has 0 aromatic carbocycles. The van der Waals surface area contributed by atoms with Gasteiger partial charge in [-0.1, -0.05) is 13.3 Å². The first-order valence-corrected chi connectivity index (χ1v) is 6.85. The summed E-state index contributed by atoms with van der Waals surface area (Å²) < 4.78 is 5.63. The summed E-state index contributed by atoms with van der Waals surface area (Å²) in [6, 6.07) is -0.453. The molecule has 6 nitrogen and oxygen atoms in total. The van der Waals surface area contributed by atoms with Crippen LogP contribution in [0.15, 0.2) is 0 Å². The van der Waals surface area contributed by atoms with Crippen molar-refractivity contribution in [2.45, 2.75) is 50.9 Å². The predicted octanol–water partition coefficient (Wildman–Crippen LogP) is -0.134. The number of carbonyl (C=O) groups excluding carboxylic acids is 2. The molecule has 1 aliphatic heterocycles. The Kier molecular flexibility index (Phi) is 6.24. The topological polar surface area (TPSA) is 84.7 Å². The zero-order valence-electron chi connectivity index (χ0n) is 12.0. The van der Waals surface area contributed by atoms with Gasteiger partial charge < -0.3 is 20.7 Å². The SMILES string of the molecule is CCCC(N)C(=O)NCC1CCC(C(=O)N(C)C)O1. The van der Waals surface area contributed by atoms with Crippen LogP contribution in [-0.2, 0) is 14.3 Å². The minimum Gasteiger partial charge on any atom is -0.363 e. The summed E-state index contributed by atoms with van der Waals surface area (Å²) in [6.45, 7) is 2.41. The van der Waals surface area contributed by atoms with Crippen LogP contribution in [0.2, 0.25) is 0 Å². The van der Waals surface area contributed by atoms with Crippen molar-refractivity contribution >= 4 is 11.8 Å². The maximum atomic E-state index is 11.7. The van der Waals surface area contributed by atoms with Gasteiger partial charge in [-0.25, -0.2) is 0 Å². The van der Waals surface area contributed by atoms with E-state index in [1.165, 1.54) is 4.90 Å². The Morgan fingerprint density at radius 3 is 2.68 bits per heavy atom. The third kappa shape index (κ3) is 4.80. The van der Waals surface area contributed by atoms with Gasteiger partial charge in [0.05, 0.1) is 12.1 Å². The second kappa shape index (κ2) is 7.45. The molecular weight excluding hydrogens is 246 g/mol. The number of nitrogens with two attached hydrogens (primary N) is 1. The molecule has 3 unspecified atom stereocenters. The Bertz CT molecular complexity index is 320. The van der Waals surface area contributed by atoms with Crippen LogP contribution >= 0.6 is 0 Å².